The van der Waals surface area contributed by atoms with Crippen LogP contribution in [0.1, 0.15) is 40.8 Å². The lowest BCUT2D eigenvalue weighted by molar-refractivity contribution is 0.288. The van der Waals surface area contributed by atoms with Gasteiger partial charge in [-0.25, -0.2) is 4.98 Å². The molecule has 1 aliphatic heterocycles. The Morgan fingerprint density at radius 3 is 3.12 bits per heavy atom. The van der Waals surface area contributed by atoms with Gasteiger partial charge in [-0.05, 0) is 32.7 Å². The molecule has 2 heterocycles. The van der Waals surface area contributed by atoms with E-state index in [9.17, 15) is 0 Å². The van der Waals surface area contributed by atoms with Crippen molar-refractivity contribution in [3.8, 4) is 0 Å². The first-order valence-corrected chi connectivity index (χ1v) is 6.90. The number of thiazole rings is 1. The quantitative estimate of drug-likeness (QED) is 0.844. The van der Waals surface area contributed by atoms with Gasteiger partial charge < -0.3 is 10.4 Å². The van der Waals surface area contributed by atoms with Crippen LogP contribution < -0.4 is 5.32 Å². The van der Waals surface area contributed by atoms with Crippen LogP contribution in [0.4, 0.5) is 0 Å². The van der Waals surface area contributed by atoms with Gasteiger partial charge in [0.25, 0.3) is 0 Å². The highest BCUT2D eigenvalue weighted by Crippen LogP contribution is 2.29. The fraction of sp³-hybridized carbons (Fsp3) is 0.750. The number of aliphatic hydroxyl groups excluding tert-OH is 1. The Hall–Kier alpha value is -0.450. The lowest BCUT2D eigenvalue weighted by atomic mass is 9.96. The Labute approximate surface area is 101 Å². The standard InChI is InChI=1S/C12H20N2OS/c1-9-12(10-4-2-6-13-8-10)14-11(16-9)5-3-7-15/h10,13,15H,2-8H2,1H3. The Morgan fingerprint density at radius 1 is 1.56 bits per heavy atom. The Kier molecular flexibility index (Phi) is 4.32. The monoisotopic (exact) mass is 240 g/mol. The molecule has 1 aliphatic rings. The molecule has 0 spiro atoms. The molecule has 1 saturated heterocycles. The maximum atomic E-state index is 8.82. The molecule has 4 heteroatoms. The summed E-state index contributed by atoms with van der Waals surface area (Å²) < 4.78 is 0. The first kappa shape index (κ1) is 12.0. The van der Waals surface area contributed by atoms with Gasteiger partial charge in [0.05, 0.1) is 10.7 Å². The number of nitrogens with zero attached hydrogens (tertiary/aromatic N) is 1. The normalized spacial score (nSPS) is 21.2. The molecule has 16 heavy (non-hydrogen) atoms. The van der Waals surface area contributed by atoms with Crippen molar-refractivity contribution in [3.63, 3.8) is 0 Å². The lowest BCUT2D eigenvalue weighted by Gasteiger charge is -2.21. The van der Waals surface area contributed by atoms with Gasteiger partial charge in [0, 0.05) is 30.4 Å². The van der Waals surface area contributed by atoms with Crippen LogP contribution in [0.15, 0.2) is 0 Å². The van der Waals surface area contributed by atoms with Gasteiger partial charge in [0.15, 0.2) is 0 Å². The maximum absolute atomic E-state index is 8.82. The van der Waals surface area contributed by atoms with E-state index in [0.717, 1.165) is 25.9 Å². The van der Waals surface area contributed by atoms with Crippen LogP contribution in [0.25, 0.3) is 0 Å². The van der Waals surface area contributed by atoms with Crippen molar-refractivity contribution in [2.45, 2.75) is 38.5 Å². The third-order valence-electron chi connectivity index (χ3n) is 3.11. The van der Waals surface area contributed by atoms with Gasteiger partial charge in [0.1, 0.15) is 0 Å². The van der Waals surface area contributed by atoms with Crippen LogP contribution in [-0.4, -0.2) is 29.8 Å². The zero-order chi connectivity index (χ0) is 11.4. The minimum atomic E-state index is 0.263. The minimum absolute atomic E-state index is 0.263. The number of nitrogens with one attached hydrogen (secondary N) is 1. The second-order valence-electron chi connectivity index (χ2n) is 4.42. The fourth-order valence-electron chi connectivity index (χ4n) is 2.27. The molecule has 90 valence electrons. The van der Waals surface area contributed by atoms with Crippen molar-refractivity contribution in [2.75, 3.05) is 19.7 Å². The van der Waals surface area contributed by atoms with Crippen LogP contribution in [0, 0.1) is 6.92 Å². The highest BCUT2D eigenvalue weighted by molar-refractivity contribution is 7.11. The van der Waals surface area contributed by atoms with E-state index >= 15 is 0 Å². The molecule has 2 N–H and O–H groups in total. The van der Waals surface area contributed by atoms with Gasteiger partial charge in [-0.2, -0.15) is 0 Å². The first-order chi connectivity index (χ1) is 7.81. The Morgan fingerprint density at radius 2 is 2.44 bits per heavy atom. The molecule has 0 amide bonds. The van der Waals surface area contributed by atoms with E-state index in [0.29, 0.717) is 5.92 Å². The molecule has 3 nitrogen and oxygen atoms in total. The average molecular weight is 240 g/mol. The molecule has 0 saturated carbocycles. The van der Waals surface area contributed by atoms with Crippen LogP contribution in [0.2, 0.25) is 0 Å². The predicted octanol–water partition coefficient (Wildman–Crippen LogP) is 1.84. The molecular formula is C12H20N2OS. The van der Waals surface area contributed by atoms with Crippen molar-refractivity contribution in [3.05, 3.63) is 15.6 Å². The highest BCUT2D eigenvalue weighted by Gasteiger charge is 2.20. The van der Waals surface area contributed by atoms with E-state index < -0.39 is 0 Å². The number of aromatic nitrogens is 1. The van der Waals surface area contributed by atoms with Gasteiger partial charge >= 0.3 is 0 Å². The van der Waals surface area contributed by atoms with Crippen molar-refractivity contribution >= 4 is 11.3 Å². The summed E-state index contributed by atoms with van der Waals surface area (Å²) in [4.78, 5) is 6.10. The topological polar surface area (TPSA) is 45.2 Å². The summed E-state index contributed by atoms with van der Waals surface area (Å²) in [6, 6.07) is 0. The Bertz CT molecular complexity index is 332. The van der Waals surface area contributed by atoms with Crippen LogP contribution in [-0.2, 0) is 6.42 Å². The molecule has 1 atom stereocenters. The molecule has 1 aromatic heterocycles. The van der Waals surface area contributed by atoms with Crippen molar-refractivity contribution in [1.82, 2.24) is 10.3 Å². The summed E-state index contributed by atoms with van der Waals surface area (Å²) >= 11 is 1.80. The summed E-state index contributed by atoms with van der Waals surface area (Å²) in [5.41, 5.74) is 1.30. The summed E-state index contributed by atoms with van der Waals surface area (Å²) in [7, 11) is 0. The summed E-state index contributed by atoms with van der Waals surface area (Å²) in [6.07, 6.45) is 4.27. The van der Waals surface area contributed by atoms with Gasteiger partial charge in [-0.3, -0.25) is 0 Å². The van der Waals surface area contributed by atoms with E-state index in [4.69, 9.17) is 10.1 Å². The smallest absolute Gasteiger partial charge is 0.0932 e. The minimum Gasteiger partial charge on any atom is -0.396 e. The van der Waals surface area contributed by atoms with Gasteiger partial charge in [0.2, 0.25) is 0 Å². The molecule has 0 bridgehead atoms. The second-order valence-corrected chi connectivity index (χ2v) is 5.71. The molecule has 0 aliphatic carbocycles. The van der Waals surface area contributed by atoms with Crippen LogP contribution in [0.3, 0.4) is 0 Å². The number of aliphatic hydroxyl groups is 1. The fourth-order valence-corrected chi connectivity index (χ4v) is 3.33. The number of piperidine rings is 1. The molecule has 0 aromatic carbocycles. The summed E-state index contributed by atoms with van der Waals surface area (Å²) in [5, 5.41) is 13.4. The number of rotatable bonds is 4. The highest BCUT2D eigenvalue weighted by atomic mass is 32.1. The lowest BCUT2D eigenvalue weighted by Crippen LogP contribution is -2.28. The third-order valence-corrected chi connectivity index (χ3v) is 4.16. The number of hydrogen-bond donors (Lipinski definition) is 2. The molecule has 1 aromatic rings. The van der Waals surface area contributed by atoms with E-state index in [-0.39, 0.29) is 6.61 Å². The van der Waals surface area contributed by atoms with E-state index in [1.807, 2.05) is 0 Å². The molecule has 1 unspecified atom stereocenters. The molecular weight excluding hydrogens is 220 g/mol. The molecule has 2 rings (SSSR count). The molecule has 1 fully saturated rings. The van der Waals surface area contributed by atoms with Gasteiger partial charge in [-0.1, -0.05) is 0 Å². The molecule has 0 radical (unpaired) electrons. The van der Waals surface area contributed by atoms with Crippen LogP contribution in [0.5, 0.6) is 0 Å². The summed E-state index contributed by atoms with van der Waals surface area (Å²) in [6.45, 7) is 4.66. The van der Waals surface area contributed by atoms with E-state index in [1.165, 1.54) is 28.4 Å². The van der Waals surface area contributed by atoms with E-state index in [1.54, 1.807) is 11.3 Å². The maximum Gasteiger partial charge on any atom is 0.0932 e. The average Bonchev–Trinajstić information content (AvgIpc) is 2.69. The summed E-state index contributed by atoms with van der Waals surface area (Å²) in [5.74, 6) is 0.605. The largest absolute Gasteiger partial charge is 0.396 e. The van der Waals surface area contributed by atoms with Crippen molar-refractivity contribution in [2.24, 2.45) is 0 Å². The van der Waals surface area contributed by atoms with Gasteiger partial charge in [-0.15, -0.1) is 11.3 Å². The van der Waals surface area contributed by atoms with E-state index in [2.05, 4.69) is 12.2 Å². The predicted molar refractivity (Wildman–Crippen MR) is 67.1 cm³/mol. The zero-order valence-corrected chi connectivity index (χ0v) is 10.6. The number of hydrogen-bond acceptors (Lipinski definition) is 4. The SMILES string of the molecule is Cc1sc(CCCO)nc1C1CCCNC1. The van der Waals surface area contributed by atoms with Crippen LogP contribution >= 0.6 is 11.3 Å². The first-order valence-electron chi connectivity index (χ1n) is 6.09. The van der Waals surface area contributed by atoms with Crippen molar-refractivity contribution < 1.29 is 5.11 Å². The number of aryl methyl sites for hydroxylation is 2. The Balaban J connectivity index is 2.04. The second kappa shape index (κ2) is 5.75. The third kappa shape index (κ3) is 2.81. The van der Waals surface area contributed by atoms with Crippen molar-refractivity contribution in [1.29, 1.82) is 0 Å². The zero-order valence-electron chi connectivity index (χ0n) is 9.83.